The van der Waals surface area contributed by atoms with Gasteiger partial charge in [-0.25, -0.2) is 4.39 Å². The number of benzene rings is 2. The highest BCUT2D eigenvalue weighted by molar-refractivity contribution is 5.29. The Morgan fingerprint density at radius 2 is 1.60 bits per heavy atom. The van der Waals surface area contributed by atoms with Crippen LogP contribution < -0.4 is 5.73 Å². The molecule has 2 N–H and O–H groups in total. The van der Waals surface area contributed by atoms with Crippen LogP contribution in [0.2, 0.25) is 0 Å². The van der Waals surface area contributed by atoms with Gasteiger partial charge < -0.3 is 10.6 Å². The summed E-state index contributed by atoms with van der Waals surface area (Å²) in [6.07, 6.45) is 0.720. The molecule has 0 spiro atoms. The molecule has 0 aromatic heterocycles. The predicted octanol–water partition coefficient (Wildman–Crippen LogP) is 2.78. The molecule has 3 heteroatoms. The van der Waals surface area contributed by atoms with Crippen LogP contribution in [0, 0.1) is 5.82 Å². The zero-order valence-corrected chi connectivity index (χ0v) is 12.0. The van der Waals surface area contributed by atoms with Crippen LogP contribution in [0.25, 0.3) is 0 Å². The number of rotatable bonds is 5. The predicted molar refractivity (Wildman–Crippen MR) is 81.0 cm³/mol. The van der Waals surface area contributed by atoms with Crippen LogP contribution in [0.3, 0.4) is 0 Å². The van der Waals surface area contributed by atoms with Crippen molar-refractivity contribution in [2.24, 2.45) is 5.73 Å². The topological polar surface area (TPSA) is 29.3 Å². The third kappa shape index (κ3) is 3.65. The maximum absolute atomic E-state index is 13.1. The minimum Gasteiger partial charge on any atom is -0.320 e. The van der Waals surface area contributed by atoms with E-state index in [1.165, 1.54) is 17.7 Å². The largest absolute Gasteiger partial charge is 0.320 e. The van der Waals surface area contributed by atoms with E-state index in [2.05, 4.69) is 17.0 Å². The zero-order chi connectivity index (χ0) is 14.6. The standard InChI is InChI=1S/C17H21FN2/c1-20(2)13-17(19,12-14-6-4-3-5-7-14)15-8-10-16(18)11-9-15/h3-11H,12-13,19H2,1-2H3. The fourth-order valence-electron chi connectivity index (χ4n) is 2.56. The van der Waals surface area contributed by atoms with Crippen molar-refractivity contribution in [3.05, 3.63) is 71.5 Å². The van der Waals surface area contributed by atoms with Gasteiger partial charge in [0.2, 0.25) is 0 Å². The quantitative estimate of drug-likeness (QED) is 0.907. The van der Waals surface area contributed by atoms with Crippen molar-refractivity contribution < 1.29 is 4.39 Å². The Kier molecular flexibility index (Phi) is 4.53. The third-order valence-electron chi connectivity index (χ3n) is 3.38. The Morgan fingerprint density at radius 1 is 1.00 bits per heavy atom. The van der Waals surface area contributed by atoms with Gasteiger partial charge in [0, 0.05) is 6.54 Å². The lowest BCUT2D eigenvalue weighted by Crippen LogP contribution is -2.47. The second-order valence-corrected chi connectivity index (χ2v) is 5.56. The minimum atomic E-state index is -0.529. The van der Waals surface area contributed by atoms with E-state index in [1.807, 2.05) is 32.3 Å². The second-order valence-electron chi connectivity index (χ2n) is 5.56. The molecule has 2 nitrogen and oxygen atoms in total. The Bertz CT molecular complexity index is 537. The van der Waals surface area contributed by atoms with Crippen LogP contribution in [0.4, 0.5) is 4.39 Å². The molecule has 0 aliphatic rings. The van der Waals surface area contributed by atoms with E-state index in [0.29, 0.717) is 6.54 Å². The molecule has 1 unspecified atom stereocenters. The van der Waals surface area contributed by atoms with Gasteiger partial charge in [0.25, 0.3) is 0 Å². The van der Waals surface area contributed by atoms with Gasteiger partial charge in [-0.1, -0.05) is 42.5 Å². The molecule has 0 fully saturated rings. The number of halogens is 1. The number of likely N-dealkylation sites (N-methyl/N-ethyl adjacent to an activating group) is 1. The molecule has 0 saturated carbocycles. The number of hydrogen-bond acceptors (Lipinski definition) is 2. The van der Waals surface area contributed by atoms with Gasteiger partial charge in [0.05, 0.1) is 5.54 Å². The molecular formula is C17H21FN2. The fourth-order valence-corrected chi connectivity index (χ4v) is 2.56. The molecule has 2 rings (SSSR count). The monoisotopic (exact) mass is 272 g/mol. The summed E-state index contributed by atoms with van der Waals surface area (Å²) in [4.78, 5) is 2.06. The summed E-state index contributed by atoms with van der Waals surface area (Å²) in [5, 5.41) is 0. The SMILES string of the molecule is CN(C)CC(N)(Cc1ccccc1)c1ccc(F)cc1. The molecule has 2 aromatic carbocycles. The average molecular weight is 272 g/mol. The normalized spacial score (nSPS) is 14.2. The lowest BCUT2D eigenvalue weighted by Gasteiger charge is -2.33. The van der Waals surface area contributed by atoms with E-state index in [0.717, 1.165) is 12.0 Å². The van der Waals surface area contributed by atoms with E-state index in [9.17, 15) is 4.39 Å². The molecule has 0 heterocycles. The summed E-state index contributed by atoms with van der Waals surface area (Å²) < 4.78 is 13.1. The number of nitrogens with zero attached hydrogens (tertiary/aromatic N) is 1. The van der Waals surface area contributed by atoms with Gasteiger partial charge in [-0.05, 0) is 43.8 Å². The summed E-state index contributed by atoms with van der Waals surface area (Å²) in [6.45, 7) is 0.702. The van der Waals surface area contributed by atoms with Gasteiger partial charge in [-0.15, -0.1) is 0 Å². The van der Waals surface area contributed by atoms with E-state index < -0.39 is 5.54 Å². The third-order valence-corrected chi connectivity index (χ3v) is 3.38. The van der Waals surface area contributed by atoms with Crippen molar-refractivity contribution in [2.75, 3.05) is 20.6 Å². The Balaban J connectivity index is 2.32. The van der Waals surface area contributed by atoms with E-state index >= 15 is 0 Å². The van der Waals surface area contributed by atoms with Gasteiger partial charge in [-0.2, -0.15) is 0 Å². The average Bonchev–Trinajstić information content (AvgIpc) is 2.39. The van der Waals surface area contributed by atoms with Crippen LogP contribution in [-0.2, 0) is 12.0 Å². The maximum atomic E-state index is 13.1. The van der Waals surface area contributed by atoms with E-state index in [-0.39, 0.29) is 5.82 Å². The lowest BCUT2D eigenvalue weighted by atomic mass is 9.84. The number of hydrogen-bond donors (Lipinski definition) is 1. The molecular weight excluding hydrogens is 251 g/mol. The van der Waals surface area contributed by atoms with Crippen LogP contribution in [0.15, 0.2) is 54.6 Å². The van der Waals surface area contributed by atoms with Gasteiger partial charge in [0.15, 0.2) is 0 Å². The maximum Gasteiger partial charge on any atom is 0.123 e. The molecule has 1 atom stereocenters. The second kappa shape index (κ2) is 6.16. The highest BCUT2D eigenvalue weighted by atomic mass is 19.1. The molecule has 0 bridgehead atoms. The van der Waals surface area contributed by atoms with Crippen molar-refractivity contribution in [2.45, 2.75) is 12.0 Å². The van der Waals surface area contributed by atoms with Crippen LogP contribution >= 0.6 is 0 Å². The highest BCUT2D eigenvalue weighted by Crippen LogP contribution is 2.24. The van der Waals surface area contributed by atoms with Gasteiger partial charge in [-0.3, -0.25) is 0 Å². The molecule has 0 radical (unpaired) electrons. The molecule has 0 saturated heterocycles. The summed E-state index contributed by atoms with van der Waals surface area (Å²) >= 11 is 0. The van der Waals surface area contributed by atoms with Gasteiger partial charge >= 0.3 is 0 Å². The summed E-state index contributed by atoms with van der Waals surface area (Å²) in [7, 11) is 3.99. The molecule has 106 valence electrons. The smallest absolute Gasteiger partial charge is 0.123 e. The van der Waals surface area contributed by atoms with Crippen LogP contribution in [0.5, 0.6) is 0 Å². The molecule has 0 aliphatic carbocycles. The fraction of sp³-hybridized carbons (Fsp3) is 0.294. The summed E-state index contributed by atoms with van der Waals surface area (Å²) in [6, 6.07) is 16.7. The Labute approximate surface area is 120 Å². The Hall–Kier alpha value is -1.71. The van der Waals surface area contributed by atoms with Crippen molar-refractivity contribution in [1.29, 1.82) is 0 Å². The van der Waals surface area contributed by atoms with Crippen molar-refractivity contribution >= 4 is 0 Å². The summed E-state index contributed by atoms with van der Waals surface area (Å²) in [5.74, 6) is -0.235. The first-order chi connectivity index (χ1) is 9.49. The van der Waals surface area contributed by atoms with Crippen molar-refractivity contribution in [1.82, 2.24) is 4.90 Å². The van der Waals surface area contributed by atoms with Crippen LogP contribution in [0.1, 0.15) is 11.1 Å². The first-order valence-corrected chi connectivity index (χ1v) is 6.73. The molecule has 0 amide bonds. The number of nitrogens with two attached hydrogens (primary N) is 1. The zero-order valence-electron chi connectivity index (χ0n) is 12.0. The van der Waals surface area contributed by atoms with Crippen LogP contribution in [-0.4, -0.2) is 25.5 Å². The first kappa shape index (κ1) is 14.7. The minimum absolute atomic E-state index is 0.235. The molecule has 0 aliphatic heterocycles. The first-order valence-electron chi connectivity index (χ1n) is 6.73. The van der Waals surface area contributed by atoms with E-state index in [4.69, 9.17) is 5.73 Å². The van der Waals surface area contributed by atoms with Crippen molar-refractivity contribution in [3.63, 3.8) is 0 Å². The Morgan fingerprint density at radius 3 is 2.15 bits per heavy atom. The molecule has 2 aromatic rings. The van der Waals surface area contributed by atoms with Crippen molar-refractivity contribution in [3.8, 4) is 0 Å². The van der Waals surface area contributed by atoms with Gasteiger partial charge in [0.1, 0.15) is 5.82 Å². The summed E-state index contributed by atoms with van der Waals surface area (Å²) in [5.41, 5.74) is 8.25. The van der Waals surface area contributed by atoms with E-state index in [1.54, 1.807) is 12.1 Å². The molecule has 20 heavy (non-hydrogen) atoms. The highest BCUT2D eigenvalue weighted by Gasteiger charge is 2.28. The lowest BCUT2D eigenvalue weighted by molar-refractivity contribution is 0.283.